The van der Waals surface area contributed by atoms with Crippen LogP contribution < -0.4 is 0 Å². The number of benzene rings is 1. The lowest BCUT2D eigenvalue weighted by molar-refractivity contribution is 0.0517. The number of aromatic nitrogens is 2. The van der Waals surface area contributed by atoms with Gasteiger partial charge in [0.1, 0.15) is 6.10 Å². The number of rotatable bonds is 4. The van der Waals surface area contributed by atoms with Crippen LogP contribution in [0, 0.1) is 0 Å². The predicted molar refractivity (Wildman–Crippen MR) is 89.4 cm³/mol. The Morgan fingerprint density at radius 2 is 2.09 bits per heavy atom. The molecule has 1 unspecified atom stereocenters. The lowest BCUT2D eigenvalue weighted by Crippen LogP contribution is -2.09. The van der Waals surface area contributed by atoms with E-state index in [1.807, 2.05) is 30.3 Å². The molecule has 0 spiro atoms. The molecule has 1 aromatic carbocycles. The Kier molecular flexibility index (Phi) is 4.45. The van der Waals surface area contributed by atoms with E-state index in [0.29, 0.717) is 16.8 Å². The molecule has 0 aliphatic heterocycles. The molecule has 5 nitrogen and oxygen atoms in total. The van der Waals surface area contributed by atoms with Gasteiger partial charge in [-0.3, -0.25) is 0 Å². The van der Waals surface area contributed by atoms with Crippen molar-refractivity contribution in [3.8, 4) is 0 Å². The molecule has 118 valence electrons. The first-order valence-corrected chi connectivity index (χ1v) is 7.98. The minimum Gasteiger partial charge on any atom is -0.461 e. The average molecular weight is 375 g/mol. The van der Waals surface area contributed by atoms with E-state index in [4.69, 9.17) is 4.74 Å². The van der Waals surface area contributed by atoms with Gasteiger partial charge in [0.15, 0.2) is 5.69 Å². The zero-order valence-corrected chi connectivity index (χ0v) is 14.0. The number of carbonyl (C=O) groups is 1. The quantitative estimate of drug-likeness (QED) is 0.711. The molecule has 0 amide bonds. The highest BCUT2D eigenvalue weighted by molar-refractivity contribution is 9.10. The molecule has 3 rings (SSSR count). The Hall–Kier alpha value is -2.18. The Labute approximate surface area is 141 Å². The van der Waals surface area contributed by atoms with Crippen molar-refractivity contribution in [3.05, 3.63) is 70.0 Å². The van der Waals surface area contributed by atoms with Crippen LogP contribution in [0.3, 0.4) is 0 Å². The van der Waals surface area contributed by atoms with Crippen molar-refractivity contribution in [2.24, 2.45) is 0 Å². The maximum Gasteiger partial charge on any atom is 0.357 e. The summed E-state index contributed by atoms with van der Waals surface area (Å²) < 4.78 is 7.49. The van der Waals surface area contributed by atoms with Crippen molar-refractivity contribution in [1.29, 1.82) is 0 Å². The van der Waals surface area contributed by atoms with E-state index >= 15 is 0 Å². The van der Waals surface area contributed by atoms with Crippen molar-refractivity contribution in [3.63, 3.8) is 0 Å². The summed E-state index contributed by atoms with van der Waals surface area (Å²) in [4.78, 5) is 12.1. The highest BCUT2D eigenvalue weighted by Gasteiger charge is 2.22. The summed E-state index contributed by atoms with van der Waals surface area (Å²) in [6.07, 6.45) is 0.733. The fourth-order valence-electron chi connectivity index (χ4n) is 2.46. The van der Waals surface area contributed by atoms with Crippen molar-refractivity contribution >= 4 is 27.4 Å². The molecule has 0 aliphatic rings. The molecule has 0 fully saturated rings. The van der Waals surface area contributed by atoms with Gasteiger partial charge in [-0.25, -0.2) is 9.31 Å². The largest absolute Gasteiger partial charge is 0.461 e. The van der Waals surface area contributed by atoms with Crippen molar-refractivity contribution < 1.29 is 14.6 Å². The molecule has 0 radical (unpaired) electrons. The van der Waals surface area contributed by atoms with E-state index in [1.165, 1.54) is 4.52 Å². The first-order chi connectivity index (χ1) is 11.1. The molecule has 1 atom stereocenters. The summed E-state index contributed by atoms with van der Waals surface area (Å²) in [5.74, 6) is -0.463. The molecule has 0 saturated heterocycles. The second-order valence-corrected chi connectivity index (χ2v) is 5.90. The van der Waals surface area contributed by atoms with Crippen molar-refractivity contribution in [1.82, 2.24) is 9.61 Å². The van der Waals surface area contributed by atoms with Crippen molar-refractivity contribution in [2.75, 3.05) is 6.61 Å². The molecule has 3 aromatic rings. The zero-order valence-electron chi connectivity index (χ0n) is 12.4. The summed E-state index contributed by atoms with van der Waals surface area (Å²) >= 11 is 3.37. The summed E-state index contributed by atoms with van der Waals surface area (Å²) in [5.41, 5.74) is 2.32. The SMILES string of the molecule is CCOC(=O)c1cc(C(O)c2ccc(Br)cc2)c2cccnn12. The Balaban J connectivity index is 2.10. The first kappa shape index (κ1) is 15.7. The molecule has 1 N–H and O–H groups in total. The van der Waals surface area contributed by atoms with Gasteiger partial charge in [0.05, 0.1) is 12.1 Å². The summed E-state index contributed by atoms with van der Waals surface area (Å²) in [5, 5.41) is 14.9. The second-order valence-electron chi connectivity index (χ2n) is 4.98. The monoisotopic (exact) mass is 374 g/mol. The van der Waals surface area contributed by atoms with E-state index in [2.05, 4.69) is 21.0 Å². The predicted octanol–water partition coefficient (Wildman–Crippen LogP) is 3.36. The fraction of sp³-hybridized carbons (Fsp3) is 0.176. The minimum absolute atomic E-state index is 0.281. The summed E-state index contributed by atoms with van der Waals surface area (Å²) in [6, 6.07) is 12.6. The lowest BCUT2D eigenvalue weighted by Gasteiger charge is -2.10. The Morgan fingerprint density at radius 1 is 1.35 bits per heavy atom. The van der Waals surface area contributed by atoms with E-state index < -0.39 is 12.1 Å². The first-order valence-electron chi connectivity index (χ1n) is 7.19. The van der Waals surface area contributed by atoms with E-state index in [1.54, 1.807) is 25.3 Å². The highest BCUT2D eigenvalue weighted by atomic mass is 79.9. The van der Waals surface area contributed by atoms with Crippen LogP contribution in [0.5, 0.6) is 0 Å². The number of halogens is 1. The number of hydrogen-bond donors (Lipinski definition) is 1. The molecule has 6 heteroatoms. The van der Waals surface area contributed by atoms with E-state index in [-0.39, 0.29) is 6.61 Å². The number of nitrogens with zero attached hydrogens (tertiary/aromatic N) is 2. The van der Waals surface area contributed by atoms with Gasteiger partial charge in [-0.05, 0) is 42.8 Å². The second kappa shape index (κ2) is 6.52. The fourth-order valence-corrected chi connectivity index (χ4v) is 2.72. The molecule has 0 saturated carbocycles. The molecule has 23 heavy (non-hydrogen) atoms. The molecule has 0 bridgehead atoms. The molecular weight excluding hydrogens is 360 g/mol. The molecule has 2 heterocycles. The third kappa shape index (κ3) is 3.00. The van der Waals surface area contributed by atoms with Crippen LogP contribution in [-0.2, 0) is 4.74 Å². The standard InChI is InChI=1S/C17H15BrN2O3/c1-2-23-17(22)15-10-13(14-4-3-9-19-20(14)15)16(21)11-5-7-12(18)8-6-11/h3-10,16,21H,2H2,1H3. The molecule has 2 aromatic heterocycles. The van der Waals surface area contributed by atoms with Gasteiger partial charge in [-0.15, -0.1) is 0 Å². The zero-order chi connectivity index (χ0) is 16.4. The maximum atomic E-state index is 12.1. The normalized spacial score (nSPS) is 12.3. The maximum absolute atomic E-state index is 12.1. The van der Waals surface area contributed by atoms with Crippen LogP contribution >= 0.6 is 15.9 Å². The van der Waals surface area contributed by atoms with Gasteiger partial charge in [0.25, 0.3) is 0 Å². The third-order valence-corrected chi connectivity index (χ3v) is 4.06. The lowest BCUT2D eigenvalue weighted by atomic mass is 10.0. The minimum atomic E-state index is -0.856. The number of aliphatic hydroxyl groups excluding tert-OH is 1. The van der Waals surface area contributed by atoms with Crippen LogP contribution in [0.2, 0.25) is 0 Å². The number of aliphatic hydroxyl groups is 1. The Morgan fingerprint density at radius 3 is 2.78 bits per heavy atom. The Bertz CT molecular complexity index is 843. The number of hydrogen-bond acceptors (Lipinski definition) is 4. The van der Waals surface area contributed by atoms with Gasteiger partial charge in [0.2, 0.25) is 0 Å². The van der Waals surface area contributed by atoms with E-state index in [0.717, 1.165) is 10.0 Å². The highest BCUT2D eigenvalue weighted by Crippen LogP contribution is 2.29. The van der Waals surface area contributed by atoms with Crippen LogP contribution in [-0.4, -0.2) is 27.3 Å². The summed E-state index contributed by atoms with van der Waals surface area (Å²) in [6.45, 7) is 2.03. The van der Waals surface area contributed by atoms with Crippen LogP contribution in [0.25, 0.3) is 5.52 Å². The average Bonchev–Trinajstić information content (AvgIpc) is 2.95. The van der Waals surface area contributed by atoms with Crippen LogP contribution in [0.4, 0.5) is 0 Å². The van der Waals surface area contributed by atoms with Crippen LogP contribution in [0.1, 0.15) is 34.6 Å². The summed E-state index contributed by atoms with van der Waals surface area (Å²) in [7, 11) is 0. The smallest absolute Gasteiger partial charge is 0.357 e. The number of fused-ring (bicyclic) bond motifs is 1. The van der Waals surface area contributed by atoms with Gasteiger partial charge in [-0.2, -0.15) is 5.10 Å². The number of carbonyl (C=O) groups excluding carboxylic acids is 1. The number of ether oxygens (including phenoxy) is 1. The van der Waals surface area contributed by atoms with Gasteiger partial charge in [0, 0.05) is 16.2 Å². The topological polar surface area (TPSA) is 63.8 Å². The van der Waals surface area contributed by atoms with Gasteiger partial charge in [-0.1, -0.05) is 28.1 Å². The van der Waals surface area contributed by atoms with Crippen molar-refractivity contribution in [2.45, 2.75) is 13.0 Å². The van der Waals surface area contributed by atoms with Gasteiger partial charge >= 0.3 is 5.97 Å². The molecular formula is C17H15BrN2O3. The van der Waals surface area contributed by atoms with Gasteiger partial charge < -0.3 is 9.84 Å². The number of esters is 1. The van der Waals surface area contributed by atoms with Crippen LogP contribution in [0.15, 0.2) is 53.1 Å². The third-order valence-electron chi connectivity index (χ3n) is 3.53. The van der Waals surface area contributed by atoms with E-state index in [9.17, 15) is 9.90 Å². The molecule has 0 aliphatic carbocycles.